The molecule has 0 bridgehead atoms. The summed E-state index contributed by atoms with van der Waals surface area (Å²) in [5, 5.41) is 0. The lowest BCUT2D eigenvalue weighted by Gasteiger charge is -2.06. The van der Waals surface area contributed by atoms with E-state index in [9.17, 15) is 0 Å². The number of hydrogen-bond acceptors (Lipinski definition) is 2. The van der Waals surface area contributed by atoms with E-state index in [0.29, 0.717) is 5.92 Å². The molecule has 3 rings (SSSR count). The first-order valence-electron chi connectivity index (χ1n) is 6.66. The van der Waals surface area contributed by atoms with E-state index in [1.165, 1.54) is 24.0 Å². The Morgan fingerprint density at radius 1 is 1.00 bits per heavy atom. The van der Waals surface area contributed by atoms with Crippen molar-refractivity contribution in [2.45, 2.75) is 38.5 Å². The molecule has 0 N–H and O–H groups in total. The van der Waals surface area contributed by atoms with Crippen LogP contribution < -0.4 is 0 Å². The quantitative estimate of drug-likeness (QED) is 0.803. The second-order valence-corrected chi connectivity index (χ2v) is 5.39. The van der Waals surface area contributed by atoms with Crippen LogP contribution in [0.15, 0.2) is 36.7 Å². The molecular weight excluding hydrogens is 220 g/mol. The first-order valence-corrected chi connectivity index (χ1v) is 6.66. The Kier molecular flexibility index (Phi) is 2.86. The highest BCUT2D eigenvalue weighted by Crippen LogP contribution is 2.39. The largest absolute Gasteiger partial charge is 0.236 e. The van der Waals surface area contributed by atoms with Crippen LogP contribution in [0, 0.1) is 0 Å². The fraction of sp³-hybridized carbons (Fsp3) is 0.375. The fourth-order valence-corrected chi connectivity index (χ4v) is 2.13. The summed E-state index contributed by atoms with van der Waals surface area (Å²) in [5.41, 5.74) is 3.74. The lowest BCUT2D eigenvalue weighted by Crippen LogP contribution is -1.92. The SMILES string of the molecule is CC(C)c1ccc(-c2ncc(C3CC3)cn2)cc1. The molecule has 1 aliphatic carbocycles. The third kappa shape index (κ3) is 2.28. The number of hydrogen-bond donors (Lipinski definition) is 0. The number of rotatable bonds is 3. The van der Waals surface area contributed by atoms with Crippen molar-refractivity contribution in [3.63, 3.8) is 0 Å². The molecular formula is C16H18N2. The van der Waals surface area contributed by atoms with Gasteiger partial charge in [-0.2, -0.15) is 0 Å². The van der Waals surface area contributed by atoms with E-state index < -0.39 is 0 Å². The van der Waals surface area contributed by atoms with Crippen LogP contribution in [-0.2, 0) is 0 Å². The van der Waals surface area contributed by atoms with Crippen molar-refractivity contribution in [3.8, 4) is 11.4 Å². The standard InChI is InChI=1S/C16H18N2/c1-11(2)12-3-7-14(8-4-12)16-17-9-15(10-18-16)13-5-6-13/h3-4,7-11,13H,5-6H2,1-2H3. The summed E-state index contributed by atoms with van der Waals surface area (Å²) in [5.74, 6) is 2.12. The van der Waals surface area contributed by atoms with Gasteiger partial charge in [-0.1, -0.05) is 38.1 Å². The van der Waals surface area contributed by atoms with Crippen molar-refractivity contribution in [2.75, 3.05) is 0 Å². The first-order chi connectivity index (χ1) is 8.74. The minimum absolute atomic E-state index is 0.567. The smallest absolute Gasteiger partial charge is 0.159 e. The highest BCUT2D eigenvalue weighted by Gasteiger charge is 2.24. The van der Waals surface area contributed by atoms with Crippen LogP contribution in [0.3, 0.4) is 0 Å². The molecule has 2 heteroatoms. The maximum Gasteiger partial charge on any atom is 0.159 e. The van der Waals surface area contributed by atoms with Crippen molar-refractivity contribution >= 4 is 0 Å². The van der Waals surface area contributed by atoms with Crippen molar-refractivity contribution in [1.29, 1.82) is 0 Å². The summed E-state index contributed by atoms with van der Waals surface area (Å²) < 4.78 is 0. The highest BCUT2D eigenvalue weighted by molar-refractivity contribution is 5.55. The lowest BCUT2D eigenvalue weighted by molar-refractivity contribution is 0.867. The van der Waals surface area contributed by atoms with E-state index in [1.54, 1.807) is 0 Å². The Morgan fingerprint density at radius 3 is 2.11 bits per heavy atom. The van der Waals surface area contributed by atoms with Crippen molar-refractivity contribution in [2.24, 2.45) is 0 Å². The third-order valence-electron chi connectivity index (χ3n) is 3.56. The number of benzene rings is 1. The van der Waals surface area contributed by atoms with Gasteiger partial charge in [0, 0.05) is 18.0 Å². The molecule has 0 amide bonds. The van der Waals surface area contributed by atoms with Gasteiger partial charge in [-0.15, -0.1) is 0 Å². The van der Waals surface area contributed by atoms with Crippen LogP contribution in [0.25, 0.3) is 11.4 Å². The van der Waals surface area contributed by atoms with Crippen LogP contribution in [0.1, 0.15) is 49.7 Å². The molecule has 0 unspecified atom stereocenters. The average molecular weight is 238 g/mol. The summed E-state index contributed by atoms with van der Waals surface area (Å²) >= 11 is 0. The maximum absolute atomic E-state index is 4.47. The molecule has 18 heavy (non-hydrogen) atoms. The molecule has 1 fully saturated rings. The normalized spacial score (nSPS) is 15.1. The minimum Gasteiger partial charge on any atom is -0.236 e. The molecule has 92 valence electrons. The number of aromatic nitrogens is 2. The van der Waals surface area contributed by atoms with E-state index in [0.717, 1.165) is 17.3 Å². The monoisotopic (exact) mass is 238 g/mol. The second-order valence-electron chi connectivity index (χ2n) is 5.39. The van der Waals surface area contributed by atoms with E-state index >= 15 is 0 Å². The molecule has 0 saturated heterocycles. The van der Waals surface area contributed by atoms with E-state index in [2.05, 4.69) is 48.1 Å². The fourth-order valence-electron chi connectivity index (χ4n) is 2.13. The van der Waals surface area contributed by atoms with E-state index in [4.69, 9.17) is 0 Å². The predicted molar refractivity (Wildman–Crippen MR) is 73.5 cm³/mol. The molecule has 0 radical (unpaired) electrons. The van der Waals surface area contributed by atoms with Crippen LogP contribution in [0.4, 0.5) is 0 Å². The van der Waals surface area contributed by atoms with Gasteiger partial charge in [0.25, 0.3) is 0 Å². The molecule has 0 aliphatic heterocycles. The molecule has 1 aliphatic rings. The van der Waals surface area contributed by atoms with Gasteiger partial charge in [-0.25, -0.2) is 9.97 Å². The summed E-state index contributed by atoms with van der Waals surface area (Å²) in [6.45, 7) is 4.41. The summed E-state index contributed by atoms with van der Waals surface area (Å²) in [6.07, 6.45) is 6.56. The lowest BCUT2D eigenvalue weighted by atomic mass is 10.0. The minimum atomic E-state index is 0.567. The van der Waals surface area contributed by atoms with E-state index in [1.807, 2.05) is 12.4 Å². The van der Waals surface area contributed by atoms with Gasteiger partial charge in [0.15, 0.2) is 5.82 Å². The van der Waals surface area contributed by atoms with Crippen molar-refractivity contribution in [3.05, 3.63) is 47.8 Å². The van der Waals surface area contributed by atoms with Crippen molar-refractivity contribution in [1.82, 2.24) is 9.97 Å². The molecule has 0 atom stereocenters. The predicted octanol–water partition coefficient (Wildman–Crippen LogP) is 4.14. The molecule has 1 heterocycles. The Bertz CT molecular complexity index is 479. The first kappa shape index (κ1) is 11.4. The highest BCUT2D eigenvalue weighted by atomic mass is 14.9. The maximum atomic E-state index is 4.47. The van der Waals surface area contributed by atoms with Crippen LogP contribution in [0.5, 0.6) is 0 Å². The Balaban J connectivity index is 1.84. The molecule has 1 aromatic heterocycles. The second kappa shape index (κ2) is 4.52. The topological polar surface area (TPSA) is 25.8 Å². The van der Waals surface area contributed by atoms with Crippen molar-refractivity contribution < 1.29 is 0 Å². The van der Waals surface area contributed by atoms with Gasteiger partial charge >= 0.3 is 0 Å². The molecule has 1 saturated carbocycles. The molecule has 0 spiro atoms. The van der Waals surface area contributed by atoms with Crippen LogP contribution in [-0.4, -0.2) is 9.97 Å². The van der Waals surface area contributed by atoms with Gasteiger partial charge in [0.05, 0.1) is 0 Å². The third-order valence-corrected chi connectivity index (χ3v) is 3.56. The van der Waals surface area contributed by atoms with Crippen LogP contribution in [0.2, 0.25) is 0 Å². The molecule has 2 aromatic rings. The summed E-state index contributed by atoms with van der Waals surface area (Å²) in [7, 11) is 0. The molecule has 2 nitrogen and oxygen atoms in total. The van der Waals surface area contributed by atoms with Gasteiger partial charge in [-0.05, 0) is 35.8 Å². The van der Waals surface area contributed by atoms with Gasteiger partial charge in [-0.3, -0.25) is 0 Å². The Morgan fingerprint density at radius 2 is 1.61 bits per heavy atom. The number of nitrogens with zero attached hydrogens (tertiary/aromatic N) is 2. The summed E-state index contributed by atoms with van der Waals surface area (Å²) in [6, 6.07) is 8.55. The van der Waals surface area contributed by atoms with E-state index in [-0.39, 0.29) is 0 Å². The zero-order valence-corrected chi connectivity index (χ0v) is 10.9. The average Bonchev–Trinajstić information content (AvgIpc) is 3.23. The Hall–Kier alpha value is -1.70. The summed E-state index contributed by atoms with van der Waals surface area (Å²) in [4.78, 5) is 8.95. The zero-order valence-electron chi connectivity index (χ0n) is 10.9. The molecule has 1 aromatic carbocycles. The van der Waals surface area contributed by atoms with Crippen LogP contribution >= 0.6 is 0 Å². The van der Waals surface area contributed by atoms with Gasteiger partial charge in [0.2, 0.25) is 0 Å². The van der Waals surface area contributed by atoms with Gasteiger partial charge in [0.1, 0.15) is 0 Å². The Labute approximate surface area is 108 Å². The van der Waals surface area contributed by atoms with Gasteiger partial charge < -0.3 is 0 Å². The zero-order chi connectivity index (χ0) is 12.5.